The second kappa shape index (κ2) is 6.96. The summed E-state index contributed by atoms with van der Waals surface area (Å²) in [6.45, 7) is 10.6. The zero-order valence-electron chi connectivity index (χ0n) is 17.7. The lowest BCUT2D eigenvalue weighted by atomic mass is 9.75. The third kappa shape index (κ3) is 3.60. The Balaban J connectivity index is 1.52. The molecule has 2 aliphatic heterocycles. The molecule has 0 spiro atoms. The first-order valence-corrected chi connectivity index (χ1v) is 10.1. The van der Waals surface area contributed by atoms with Crippen LogP contribution in [0, 0.1) is 6.92 Å². The van der Waals surface area contributed by atoms with E-state index in [9.17, 15) is 9.18 Å². The first-order chi connectivity index (χ1) is 13.6. The van der Waals surface area contributed by atoms with E-state index in [1.807, 2.05) is 52.0 Å². The van der Waals surface area contributed by atoms with Crippen molar-refractivity contribution >= 4 is 18.5 Å². The molecule has 2 aliphatic rings. The molecule has 152 valence electrons. The van der Waals surface area contributed by atoms with E-state index in [0.29, 0.717) is 5.56 Å². The number of carbonyl (C=O) groups is 1. The number of alkyl halides is 1. The van der Waals surface area contributed by atoms with Crippen molar-refractivity contribution in [2.24, 2.45) is 0 Å². The molecule has 2 aromatic rings. The second-order valence-electron chi connectivity index (χ2n) is 9.04. The number of hydrogen-bond donors (Lipinski definition) is 0. The smallest absolute Gasteiger partial charge is 0.399 e. The first-order valence-electron chi connectivity index (χ1n) is 10.1. The summed E-state index contributed by atoms with van der Waals surface area (Å²) in [6.07, 6.45) is -0.885. The Kier molecular flexibility index (Phi) is 4.83. The molecule has 29 heavy (non-hydrogen) atoms. The van der Waals surface area contributed by atoms with E-state index in [2.05, 4.69) is 13.0 Å². The summed E-state index contributed by atoms with van der Waals surface area (Å²) in [5.74, 6) is -0.113. The lowest BCUT2D eigenvalue weighted by Crippen LogP contribution is -2.51. The monoisotopic (exact) mass is 395 g/mol. The van der Waals surface area contributed by atoms with Crippen molar-refractivity contribution in [2.75, 3.05) is 13.1 Å². The van der Waals surface area contributed by atoms with Gasteiger partial charge in [-0.15, -0.1) is 0 Å². The van der Waals surface area contributed by atoms with Gasteiger partial charge in [-0.3, -0.25) is 4.79 Å². The van der Waals surface area contributed by atoms with Crippen molar-refractivity contribution in [3.05, 3.63) is 53.6 Å². The number of likely N-dealkylation sites (tertiary alicyclic amines) is 1. The minimum atomic E-state index is -0.885. The maximum absolute atomic E-state index is 13.0. The van der Waals surface area contributed by atoms with E-state index in [-0.39, 0.29) is 37.3 Å². The maximum Gasteiger partial charge on any atom is 0.495 e. The number of halogens is 1. The number of rotatable bonds is 3. The Morgan fingerprint density at radius 1 is 1.00 bits per heavy atom. The SMILES string of the molecule is Cc1cc(-c2ccc(C(=O)N3CC(F)C3)cc2)ccc1B1OC(C)(C)C(C)(C)O1. The van der Waals surface area contributed by atoms with Crippen molar-refractivity contribution in [3.63, 3.8) is 0 Å². The van der Waals surface area contributed by atoms with E-state index in [4.69, 9.17) is 9.31 Å². The molecule has 0 aromatic heterocycles. The van der Waals surface area contributed by atoms with Crippen LogP contribution >= 0.6 is 0 Å². The summed E-state index contributed by atoms with van der Waals surface area (Å²) in [5, 5.41) is 0. The highest BCUT2D eigenvalue weighted by Gasteiger charge is 2.52. The first kappa shape index (κ1) is 20.1. The Morgan fingerprint density at radius 2 is 1.55 bits per heavy atom. The highest BCUT2D eigenvalue weighted by Crippen LogP contribution is 2.37. The molecule has 6 heteroatoms. The standard InChI is InChI=1S/C23H27BFNO3/c1-15-12-18(10-11-20(15)24-28-22(2,3)23(4,5)29-24)16-6-8-17(9-7-16)21(27)26-13-19(25)14-26/h6-12,19H,13-14H2,1-5H3. The normalized spacial score (nSPS) is 20.6. The number of hydrogen-bond acceptors (Lipinski definition) is 3. The van der Waals surface area contributed by atoms with Crippen LogP contribution in [0.3, 0.4) is 0 Å². The van der Waals surface area contributed by atoms with Gasteiger partial charge in [-0.05, 0) is 63.3 Å². The average Bonchev–Trinajstić information content (AvgIpc) is 2.85. The highest BCUT2D eigenvalue weighted by molar-refractivity contribution is 6.62. The van der Waals surface area contributed by atoms with Gasteiger partial charge in [-0.1, -0.05) is 35.9 Å². The van der Waals surface area contributed by atoms with Gasteiger partial charge >= 0.3 is 7.12 Å². The molecule has 2 saturated heterocycles. The van der Waals surface area contributed by atoms with Gasteiger partial charge in [0.05, 0.1) is 24.3 Å². The predicted molar refractivity (Wildman–Crippen MR) is 113 cm³/mol. The number of aryl methyl sites for hydroxylation is 1. The van der Waals surface area contributed by atoms with E-state index in [1.165, 1.54) is 4.90 Å². The third-order valence-electron chi connectivity index (χ3n) is 6.37. The van der Waals surface area contributed by atoms with Crippen LogP contribution < -0.4 is 5.46 Å². The fraction of sp³-hybridized carbons (Fsp3) is 0.435. The molecular weight excluding hydrogens is 368 g/mol. The molecule has 1 amide bonds. The van der Waals surface area contributed by atoms with Gasteiger partial charge in [0, 0.05) is 5.56 Å². The van der Waals surface area contributed by atoms with Crippen molar-refractivity contribution < 1.29 is 18.5 Å². The largest absolute Gasteiger partial charge is 0.495 e. The van der Waals surface area contributed by atoms with Crippen molar-refractivity contribution in [2.45, 2.75) is 52.0 Å². The molecule has 4 nitrogen and oxygen atoms in total. The Labute approximate surface area is 172 Å². The number of benzene rings is 2. The summed E-state index contributed by atoms with van der Waals surface area (Å²) >= 11 is 0. The van der Waals surface area contributed by atoms with Crippen molar-refractivity contribution in [1.82, 2.24) is 4.90 Å². The zero-order valence-corrected chi connectivity index (χ0v) is 17.7. The molecule has 0 saturated carbocycles. The number of carbonyl (C=O) groups excluding carboxylic acids is 1. The van der Waals surface area contributed by atoms with Gasteiger partial charge < -0.3 is 14.2 Å². The fourth-order valence-corrected chi connectivity index (χ4v) is 3.67. The van der Waals surface area contributed by atoms with Crippen LogP contribution in [0.4, 0.5) is 4.39 Å². The predicted octanol–water partition coefficient (Wildman–Crippen LogP) is 3.76. The highest BCUT2D eigenvalue weighted by atomic mass is 19.1. The quantitative estimate of drug-likeness (QED) is 0.743. The van der Waals surface area contributed by atoms with Crippen LogP contribution in [0.2, 0.25) is 0 Å². The molecule has 0 bridgehead atoms. The van der Waals surface area contributed by atoms with Gasteiger partial charge in [0.15, 0.2) is 0 Å². The molecule has 2 heterocycles. The molecule has 0 N–H and O–H groups in total. The summed E-state index contributed by atoms with van der Waals surface area (Å²) in [4.78, 5) is 13.8. The van der Waals surface area contributed by atoms with Crippen LogP contribution in [0.25, 0.3) is 11.1 Å². The van der Waals surface area contributed by atoms with E-state index in [0.717, 1.165) is 22.2 Å². The van der Waals surface area contributed by atoms with E-state index >= 15 is 0 Å². The molecule has 4 rings (SSSR count). The Bertz CT molecular complexity index is 920. The maximum atomic E-state index is 13.0. The average molecular weight is 395 g/mol. The lowest BCUT2D eigenvalue weighted by molar-refractivity contribution is 0.00578. The third-order valence-corrected chi connectivity index (χ3v) is 6.37. The second-order valence-corrected chi connectivity index (χ2v) is 9.04. The van der Waals surface area contributed by atoms with Crippen LogP contribution in [0.5, 0.6) is 0 Å². The lowest BCUT2D eigenvalue weighted by Gasteiger charge is -2.34. The Morgan fingerprint density at radius 3 is 2.07 bits per heavy atom. The Hall–Kier alpha value is -2.18. The topological polar surface area (TPSA) is 38.8 Å². The van der Waals surface area contributed by atoms with E-state index in [1.54, 1.807) is 12.1 Å². The summed E-state index contributed by atoms with van der Waals surface area (Å²) in [5.41, 5.74) is 4.06. The van der Waals surface area contributed by atoms with E-state index < -0.39 is 6.17 Å². The number of amides is 1. The minimum Gasteiger partial charge on any atom is -0.399 e. The van der Waals surface area contributed by atoms with Gasteiger partial charge in [0.25, 0.3) is 5.91 Å². The molecule has 2 aromatic carbocycles. The van der Waals surface area contributed by atoms with Gasteiger partial charge in [0.2, 0.25) is 0 Å². The van der Waals surface area contributed by atoms with Gasteiger partial charge in [-0.2, -0.15) is 0 Å². The van der Waals surface area contributed by atoms with Crippen molar-refractivity contribution in [3.8, 4) is 11.1 Å². The molecule has 0 aliphatic carbocycles. The van der Waals surface area contributed by atoms with Crippen LogP contribution in [-0.2, 0) is 9.31 Å². The van der Waals surface area contributed by atoms with Crippen molar-refractivity contribution in [1.29, 1.82) is 0 Å². The molecular formula is C23H27BFNO3. The molecule has 0 unspecified atom stereocenters. The van der Waals surface area contributed by atoms with Crippen LogP contribution in [0.15, 0.2) is 42.5 Å². The summed E-state index contributed by atoms with van der Waals surface area (Å²) in [7, 11) is -0.384. The minimum absolute atomic E-state index is 0.113. The number of nitrogens with zero attached hydrogens (tertiary/aromatic N) is 1. The summed E-state index contributed by atoms with van der Waals surface area (Å²) in [6, 6.07) is 13.7. The van der Waals surface area contributed by atoms with Crippen LogP contribution in [0.1, 0.15) is 43.6 Å². The van der Waals surface area contributed by atoms with Gasteiger partial charge in [-0.25, -0.2) is 4.39 Å². The zero-order chi connectivity index (χ0) is 21.0. The van der Waals surface area contributed by atoms with Gasteiger partial charge in [0.1, 0.15) is 6.17 Å². The van der Waals surface area contributed by atoms with Crippen LogP contribution in [-0.4, -0.2) is 48.4 Å². The fourth-order valence-electron chi connectivity index (χ4n) is 3.67. The molecule has 2 fully saturated rings. The molecule has 0 radical (unpaired) electrons. The molecule has 0 atom stereocenters. The summed E-state index contributed by atoms with van der Waals surface area (Å²) < 4.78 is 25.3.